The van der Waals surface area contributed by atoms with Gasteiger partial charge in [-0.15, -0.1) is 0 Å². The van der Waals surface area contributed by atoms with Crippen LogP contribution in [0.4, 0.5) is 0 Å². The minimum atomic E-state index is -0.0969. The lowest BCUT2D eigenvalue weighted by molar-refractivity contribution is -0.121. The number of hydrogen-bond donors (Lipinski definition) is 1. The van der Waals surface area contributed by atoms with Gasteiger partial charge < -0.3 is 10.0 Å². The van der Waals surface area contributed by atoms with Gasteiger partial charge in [-0.3, -0.25) is 14.5 Å². The summed E-state index contributed by atoms with van der Waals surface area (Å²) in [5.74, 6) is -0.0881. The molecule has 0 bridgehead atoms. The van der Waals surface area contributed by atoms with E-state index in [4.69, 9.17) is 12.2 Å². The summed E-state index contributed by atoms with van der Waals surface area (Å²) in [4.78, 5) is 28.8. The number of thioether (sulfide) groups is 1. The smallest absolute Gasteiger partial charge is 0.265 e. The highest BCUT2D eigenvalue weighted by Crippen LogP contribution is 2.31. The van der Waals surface area contributed by atoms with Crippen molar-refractivity contribution in [3.8, 4) is 0 Å². The van der Waals surface area contributed by atoms with E-state index in [0.717, 1.165) is 31.4 Å². The molecule has 1 atom stereocenters. The predicted molar refractivity (Wildman–Crippen MR) is 108 cm³/mol. The quantitative estimate of drug-likeness (QED) is 0.633. The van der Waals surface area contributed by atoms with Crippen LogP contribution >= 0.6 is 24.0 Å². The van der Waals surface area contributed by atoms with Crippen LogP contribution in [0.5, 0.6) is 0 Å². The molecule has 3 rings (SSSR count). The largest absolute Gasteiger partial charge is 0.396 e. The van der Waals surface area contributed by atoms with Gasteiger partial charge in [0, 0.05) is 31.8 Å². The highest BCUT2D eigenvalue weighted by Gasteiger charge is 2.29. The van der Waals surface area contributed by atoms with Crippen molar-refractivity contribution in [1.29, 1.82) is 0 Å². The summed E-state index contributed by atoms with van der Waals surface area (Å²) in [5, 5.41) is 9.23. The number of aliphatic hydroxyl groups excluding tert-OH is 1. The molecule has 2 fully saturated rings. The second-order valence-electron chi connectivity index (χ2n) is 6.52. The summed E-state index contributed by atoms with van der Waals surface area (Å²) >= 11 is 6.42. The van der Waals surface area contributed by atoms with E-state index in [9.17, 15) is 14.7 Å². The maximum absolute atomic E-state index is 12.8. The Morgan fingerprint density at radius 2 is 2.08 bits per heavy atom. The van der Waals surface area contributed by atoms with Crippen LogP contribution in [0.1, 0.15) is 41.6 Å². The molecule has 0 saturated carbocycles. The number of amides is 2. The number of aliphatic hydroxyl groups is 1. The first-order chi connectivity index (χ1) is 12.5. The van der Waals surface area contributed by atoms with Gasteiger partial charge in [0.1, 0.15) is 4.32 Å². The first kappa shape index (κ1) is 19.1. The second-order valence-corrected chi connectivity index (χ2v) is 8.20. The molecule has 2 saturated heterocycles. The normalized spacial score (nSPS) is 22.4. The Morgan fingerprint density at radius 1 is 1.35 bits per heavy atom. The molecule has 1 aromatic carbocycles. The van der Waals surface area contributed by atoms with Gasteiger partial charge in [-0.05, 0) is 49.5 Å². The van der Waals surface area contributed by atoms with Crippen LogP contribution in [0.15, 0.2) is 29.2 Å². The lowest BCUT2D eigenvalue weighted by atomic mass is 9.98. The third-order valence-corrected chi connectivity index (χ3v) is 6.28. The number of nitrogens with zero attached hydrogens (tertiary/aromatic N) is 2. The summed E-state index contributed by atoms with van der Waals surface area (Å²) < 4.78 is 0.549. The summed E-state index contributed by atoms with van der Waals surface area (Å²) in [5.41, 5.74) is 1.50. The zero-order valence-electron chi connectivity index (χ0n) is 14.7. The van der Waals surface area contributed by atoms with E-state index < -0.39 is 0 Å². The van der Waals surface area contributed by atoms with Crippen molar-refractivity contribution in [3.05, 3.63) is 40.3 Å². The molecule has 2 aliphatic heterocycles. The molecule has 1 aromatic rings. The first-order valence-corrected chi connectivity index (χ1v) is 9.97. The Balaban J connectivity index is 1.74. The van der Waals surface area contributed by atoms with Crippen LogP contribution in [-0.4, -0.2) is 57.3 Å². The molecule has 0 aliphatic carbocycles. The number of likely N-dealkylation sites (N-methyl/N-ethyl adjacent to an activating group) is 1. The fourth-order valence-electron chi connectivity index (χ4n) is 3.30. The standard InChI is InChI=1S/C19H22N2O3S2/c1-20-18(24)16(26-19(20)25)12-13-5-7-14(8-6-13)17(23)21-10-3-2-4-15(21)9-11-22/h5-8,12,15,22H,2-4,9-11H2,1H3/b16-12+/t15-/m1/s1. The fourth-order valence-corrected chi connectivity index (χ4v) is 4.48. The van der Waals surface area contributed by atoms with Crippen LogP contribution in [0.3, 0.4) is 0 Å². The van der Waals surface area contributed by atoms with Crippen molar-refractivity contribution in [2.45, 2.75) is 31.7 Å². The SMILES string of the molecule is CN1C(=O)/C(=C\c2ccc(C(=O)N3CCCC[C@@H]3CCO)cc2)SC1=S. The van der Waals surface area contributed by atoms with Crippen LogP contribution < -0.4 is 0 Å². The van der Waals surface area contributed by atoms with E-state index >= 15 is 0 Å². The Labute approximate surface area is 163 Å². The van der Waals surface area contributed by atoms with Gasteiger partial charge in [0.25, 0.3) is 11.8 Å². The van der Waals surface area contributed by atoms with Crippen LogP contribution in [0.25, 0.3) is 6.08 Å². The zero-order valence-corrected chi connectivity index (χ0v) is 16.3. The van der Waals surface area contributed by atoms with Crippen molar-refractivity contribution in [2.24, 2.45) is 0 Å². The van der Waals surface area contributed by atoms with E-state index in [0.29, 0.717) is 21.2 Å². The number of carbonyl (C=O) groups is 2. The Bertz CT molecular complexity index is 744. The lowest BCUT2D eigenvalue weighted by Crippen LogP contribution is -2.44. The minimum Gasteiger partial charge on any atom is -0.396 e. The molecule has 138 valence electrons. The van der Waals surface area contributed by atoms with Crippen molar-refractivity contribution < 1.29 is 14.7 Å². The van der Waals surface area contributed by atoms with E-state index in [1.54, 1.807) is 25.3 Å². The van der Waals surface area contributed by atoms with E-state index in [-0.39, 0.29) is 24.5 Å². The van der Waals surface area contributed by atoms with Gasteiger partial charge in [0.2, 0.25) is 0 Å². The number of hydrogen-bond acceptors (Lipinski definition) is 5. The van der Waals surface area contributed by atoms with E-state index in [1.165, 1.54) is 16.7 Å². The third-order valence-electron chi connectivity index (χ3n) is 4.79. The monoisotopic (exact) mass is 390 g/mol. The molecule has 2 amide bonds. The van der Waals surface area contributed by atoms with Crippen molar-refractivity contribution in [2.75, 3.05) is 20.2 Å². The molecule has 5 nitrogen and oxygen atoms in total. The molecule has 1 N–H and O–H groups in total. The molecule has 0 radical (unpaired) electrons. The number of piperidine rings is 1. The van der Waals surface area contributed by atoms with E-state index in [2.05, 4.69) is 0 Å². The Kier molecular flexibility index (Phi) is 6.11. The number of likely N-dealkylation sites (tertiary alicyclic amines) is 1. The van der Waals surface area contributed by atoms with Crippen molar-refractivity contribution in [3.63, 3.8) is 0 Å². The summed E-state index contributed by atoms with van der Waals surface area (Å²) in [6.45, 7) is 0.840. The molecule has 2 aliphatic rings. The molecule has 0 aromatic heterocycles. The van der Waals surface area contributed by atoms with Gasteiger partial charge in [-0.25, -0.2) is 0 Å². The maximum atomic E-state index is 12.8. The number of thiocarbonyl (C=S) groups is 1. The molecular formula is C19H22N2O3S2. The van der Waals surface area contributed by atoms with Crippen LogP contribution in [0.2, 0.25) is 0 Å². The zero-order chi connectivity index (χ0) is 18.7. The predicted octanol–water partition coefficient (Wildman–Crippen LogP) is 2.89. The van der Waals surface area contributed by atoms with Crippen molar-refractivity contribution >= 4 is 46.2 Å². The van der Waals surface area contributed by atoms with Gasteiger partial charge in [-0.2, -0.15) is 0 Å². The number of benzene rings is 1. The lowest BCUT2D eigenvalue weighted by Gasteiger charge is -2.35. The average Bonchev–Trinajstić information content (AvgIpc) is 2.89. The maximum Gasteiger partial charge on any atom is 0.265 e. The molecule has 2 heterocycles. The molecule has 0 spiro atoms. The first-order valence-electron chi connectivity index (χ1n) is 8.74. The second kappa shape index (κ2) is 8.33. The van der Waals surface area contributed by atoms with Crippen LogP contribution in [-0.2, 0) is 4.79 Å². The van der Waals surface area contributed by atoms with E-state index in [1.807, 2.05) is 17.0 Å². The van der Waals surface area contributed by atoms with Crippen molar-refractivity contribution in [1.82, 2.24) is 9.80 Å². The molecule has 26 heavy (non-hydrogen) atoms. The Hall–Kier alpha value is -1.70. The highest BCUT2D eigenvalue weighted by molar-refractivity contribution is 8.26. The molecule has 0 unspecified atom stereocenters. The summed E-state index contributed by atoms with van der Waals surface area (Å²) in [6, 6.07) is 7.41. The van der Waals surface area contributed by atoms with Crippen LogP contribution in [0, 0.1) is 0 Å². The topological polar surface area (TPSA) is 60.9 Å². The summed E-state index contributed by atoms with van der Waals surface area (Å²) in [7, 11) is 1.67. The highest BCUT2D eigenvalue weighted by atomic mass is 32.2. The third kappa shape index (κ3) is 4.00. The van der Waals surface area contributed by atoms with Gasteiger partial charge in [-0.1, -0.05) is 36.1 Å². The van der Waals surface area contributed by atoms with Gasteiger partial charge in [0.15, 0.2) is 0 Å². The average molecular weight is 391 g/mol. The Morgan fingerprint density at radius 3 is 2.69 bits per heavy atom. The van der Waals surface area contributed by atoms with Gasteiger partial charge >= 0.3 is 0 Å². The number of carbonyl (C=O) groups excluding carboxylic acids is 2. The number of rotatable bonds is 4. The molecule has 7 heteroatoms. The molecular weight excluding hydrogens is 368 g/mol. The minimum absolute atomic E-state index is 0.00887. The summed E-state index contributed by atoms with van der Waals surface area (Å²) in [6.07, 6.45) is 5.48. The van der Waals surface area contributed by atoms with Gasteiger partial charge in [0.05, 0.1) is 4.91 Å². The fraction of sp³-hybridized carbons (Fsp3) is 0.421.